The molecule has 0 aliphatic heterocycles. The quantitative estimate of drug-likeness (QED) is 0.791. The number of hydrogen-bond acceptors (Lipinski definition) is 3. The van der Waals surface area contributed by atoms with Crippen molar-refractivity contribution in [3.63, 3.8) is 0 Å². The van der Waals surface area contributed by atoms with Gasteiger partial charge < -0.3 is 14.5 Å². The highest BCUT2D eigenvalue weighted by molar-refractivity contribution is 7.72. The van der Waals surface area contributed by atoms with Crippen molar-refractivity contribution in [1.29, 1.82) is 0 Å². The lowest BCUT2D eigenvalue weighted by Crippen LogP contribution is -2.06. The molecule has 2 N–H and O–H groups in total. The third-order valence-corrected chi connectivity index (χ3v) is 3.33. The van der Waals surface area contributed by atoms with Crippen molar-refractivity contribution in [3.8, 4) is 0 Å². The molecule has 0 aromatic carbocycles. The summed E-state index contributed by atoms with van der Waals surface area (Å²) in [5, 5.41) is 0. The number of H-pyrrole nitrogens is 2. The minimum absolute atomic E-state index is 0.638. The third kappa shape index (κ3) is 1.53. The van der Waals surface area contributed by atoms with Gasteiger partial charge in [-0.1, -0.05) is 12.2 Å². The first-order valence-corrected chi connectivity index (χ1v) is 5.73. The normalized spacial score (nSPS) is 16.0. The molecule has 0 saturated heterocycles. The number of aromatic nitrogens is 4. The van der Waals surface area contributed by atoms with Gasteiger partial charge in [-0.15, -0.1) is 0 Å². The lowest BCUT2D eigenvalue weighted by Gasteiger charge is -2.06. The highest BCUT2D eigenvalue weighted by atomic mass is 32.1. The summed E-state index contributed by atoms with van der Waals surface area (Å²) in [6, 6.07) is 0. The first-order valence-electron chi connectivity index (χ1n) is 4.92. The Balaban J connectivity index is 2.29. The van der Waals surface area contributed by atoms with E-state index in [2.05, 4.69) is 15.0 Å². The molecule has 1 fully saturated rings. The van der Waals surface area contributed by atoms with Crippen molar-refractivity contribution in [2.24, 2.45) is 5.92 Å². The summed E-state index contributed by atoms with van der Waals surface area (Å²) < 4.78 is 3.35. The molecule has 78 valence electrons. The second kappa shape index (κ2) is 3.24. The molecular weight excluding hydrogens is 228 g/mol. The van der Waals surface area contributed by atoms with Gasteiger partial charge in [0.25, 0.3) is 0 Å². The molecule has 2 aromatic rings. The van der Waals surface area contributed by atoms with Crippen LogP contribution in [0.25, 0.3) is 11.2 Å². The van der Waals surface area contributed by atoms with Crippen molar-refractivity contribution in [2.45, 2.75) is 19.4 Å². The lowest BCUT2D eigenvalue weighted by molar-refractivity contribution is 0.621. The Kier molecular flexibility index (Phi) is 2.00. The van der Waals surface area contributed by atoms with Gasteiger partial charge in [0.1, 0.15) is 10.2 Å². The predicted octanol–water partition coefficient (Wildman–Crippen LogP) is 2.56. The topological polar surface area (TPSA) is 49.4 Å². The van der Waals surface area contributed by atoms with Crippen LogP contribution in [0.1, 0.15) is 12.8 Å². The Morgan fingerprint density at radius 2 is 2.27 bits per heavy atom. The number of imidazole rings is 1. The van der Waals surface area contributed by atoms with Gasteiger partial charge in [0.2, 0.25) is 0 Å². The zero-order valence-electron chi connectivity index (χ0n) is 7.99. The fourth-order valence-corrected chi connectivity index (χ4v) is 2.28. The lowest BCUT2D eigenvalue weighted by atomic mass is 10.4. The van der Waals surface area contributed by atoms with E-state index in [9.17, 15) is 0 Å². The van der Waals surface area contributed by atoms with E-state index in [0.717, 1.165) is 23.6 Å². The van der Waals surface area contributed by atoms with Crippen molar-refractivity contribution < 1.29 is 0 Å². The standard InChI is InChI=1S/C9H10N4S2/c14-8-6-7(11-4-10-6)13(9(15)12-8)3-5-1-2-5/h4-5H,1-3H2,(H,10,11)(H,12,14,15). The van der Waals surface area contributed by atoms with Crippen LogP contribution in [0.5, 0.6) is 0 Å². The van der Waals surface area contributed by atoms with Gasteiger partial charge in [0.15, 0.2) is 10.4 Å². The molecule has 3 rings (SSSR count). The largest absolute Gasteiger partial charge is 0.341 e. The molecule has 6 heteroatoms. The van der Waals surface area contributed by atoms with Crippen molar-refractivity contribution in [2.75, 3.05) is 0 Å². The van der Waals surface area contributed by atoms with Gasteiger partial charge in [-0.2, -0.15) is 0 Å². The minimum atomic E-state index is 0.638. The van der Waals surface area contributed by atoms with E-state index in [0.29, 0.717) is 9.41 Å². The number of rotatable bonds is 2. The molecule has 1 aliphatic carbocycles. The average Bonchev–Trinajstić information content (AvgIpc) is 2.87. The highest BCUT2D eigenvalue weighted by Gasteiger charge is 2.23. The predicted molar refractivity (Wildman–Crippen MR) is 62.8 cm³/mol. The van der Waals surface area contributed by atoms with Gasteiger partial charge in [0, 0.05) is 6.54 Å². The Morgan fingerprint density at radius 3 is 3.00 bits per heavy atom. The van der Waals surface area contributed by atoms with Crippen LogP contribution >= 0.6 is 24.4 Å². The van der Waals surface area contributed by atoms with E-state index in [1.807, 2.05) is 4.57 Å². The van der Waals surface area contributed by atoms with Crippen molar-refractivity contribution in [3.05, 3.63) is 15.7 Å². The van der Waals surface area contributed by atoms with Gasteiger partial charge in [-0.25, -0.2) is 4.98 Å². The fourth-order valence-electron chi connectivity index (χ4n) is 1.71. The maximum atomic E-state index is 5.27. The average molecular weight is 238 g/mol. The fraction of sp³-hybridized carbons (Fsp3) is 0.444. The molecule has 1 saturated carbocycles. The van der Waals surface area contributed by atoms with E-state index in [1.54, 1.807) is 6.33 Å². The Labute approximate surface area is 96.4 Å². The Morgan fingerprint density at radius 1 is 1.47 bits per heavy atom. The van der Waals surface area contributed by atoms with Gasteiger partial charge >= 0.3 is 0 Å². The zero-order valence-corrected chi connectivity index (χ0v) is 9.62. The SMILES string of the molecule is S=c1[nH]c(=S)n(CC2CC2)c2nc[nH]c12. The number of aromatic amines is 2. The Hall–Kier alpha value is -1.01. The summed E-state index contributed by atoms with van der Waals surface area (Å²) in [6.07, 6.45) is 4.25. The van der Waals surface area contributed by atoms with Gasteiger partial charge in [-0.05, 0) is 31.0 Å². The summed E-state index contributed by atoms with van der Waals surface area (Å²) >= 11 is 10.4. The maximum absolute atomic E-state index is 5.27. The first-order chi connectivity index (χ1) is 7.25. The molecule has 15 heavy (non-hydrogen) atoms. The van der Waals surface area contributed by atoms with Crippen LogP contribution in [0.4, 0.5) is 0 Å². The smallest absolute Gasteiger partial charge is 0.179 e. The maximum Gasteiger partial charge on any atom is 0.179 e. The van der Waals surface area contributed by atoms with Crippen LogP contribution in [-0.2, 0) is 6.54 Å². The number of hydrogen-bond donors (Lipinski definition) is 2. The van der Waals surface area contributed by atoms with Gasteiger partial charge in [0.05, 0.1) is 6.33 Å². The molecule has 0 bridgehead atoms. The molecular formula is C9H10N4S2. The summed E-state index contributed by atoms with van der Waals surface area (Å²) in [5.74, 6) is 0.765. The molecule has 2 aromatic heterocycles. The number of nitrogens with zero attached hydrogens (tertiary/aromatic N) is 2. The molecule has 1 aliphatic rings. The van der Waals surface area contributed by atoms with Gasteiger partial charge in [-0.3, -0.25) is 0 Å². The van der Waals surface area contributed by atoms with Crippen molar-refractivity contribution >= 4 is 35.6 Å². The van der Waals surface area contributed by atoms with Crippen LogP contribution in [0.15, 0.2) is 6.33 Å². The van der Waals surface area contributed by atoms with E-state index in [4.69, 9.17) is 24.4 Å². The molecule has 0 amide bonds. The highest BCUT2D eigenvalue weighted by Crippen LogP contribution is 2.31. The second-order valence-corrected chi connectivity index (χ2v) is 4.71. The van der Waals surface area contributed by atoms with Crippen LogP contribution in [0.3, 0.4) is 0 Å². The molecule has 0 spiro atoms. The molecule has 4 nitrogen and oxygen atoms in total. The molecule has 0 radical (unpaired) electrons. The monoisotopic (exact) mass is 238 g/mol. The third-order valence-electron chi connectivity index (χ3n) is 2.71. The number of nitrogens with one attached hydrogen (secondary N) is 2. The second-order valence-electron chi connectivity index (χ2n) is 3.91. The van der Waals surface area contributed by atoms with Crippen LogP contribution in [0, 0.1) is 15.3 Å². The van der Waals surface area contributed by atoms with Crippen LogP contribution < -0.4 is 0 Å². The first kappa shape index (κ1) is 9.23. The molecule has 0 atom stereocenters. The summed E-state index contributed by atoms with van der Waals surface area (Å²) in [6.45, 7) is 0.951. The van der Waals surface area contributed by atoms with E-state index >= 15 is 0 Å². The van der Waals surface area contributed by atoms with E-state index in [1.165, 1.54) is 12.8 Å². The summed E-state index contributed by atoms with van der Waals surface area (Å²) in [7, 11) is 0. The Bertz CT molecular complexity index is 617. The van der Waals surface area contributed by atoms with E-state index in [-0.39, 0.29) is 0 Å². The number of fused-ring (bicyclic) bond motifs is 1. The van der Waals surface area contributed by atoms with Crippen LogP contribution in [-0.4, -0.2) is 19.5 Å². The summed E-state index contributed by atoms with van der Waals surface area (Å²) in [4.78, 5) is 10.3. The van der Waals surface area contributed by atoms with E-state index < -0.39 is 0 Å². The molecule has 2 heterocycles. The van der Waals surface area contributed by atoms with Crippen LogP contribution in [0.2, 0.25) is 0 Å². The molecule has 0 unspecified atom stereocenters. The van der Waals surface area contributed by atoms with Crippen molar-refractivity contribution in [1.82, 2.24) is 19.5 Å². The minimum Gasteiger partial charge on any atom is -0.341 e. The zero-order chi connectivity index (χ0) is 10.4. The summed E-state index contributed by atoms with van der Waals surface area (Å²) in [5.41, 5.74) is 1.75.